The van der Waals surface area contributed by atoms with Gasteiger partial charge in [-0.1, -0.05) is 25.1 Å². The van der Waals surface area contributed by atoms with E-state index in [1.165, 1.54) is 10.4 Å². The molecule has 1 amide bonds. The van der Waals surface area contributed by atoms with E-state index in [1.807, 2.05) is 29.2 Å². The maximum Gasteiger partial charge on any atom is 0.268 e. The monoisotopic (exact) mass is 271 g/mol. The molecule has 0 saturated carbocycles. The van der Waals surface area contributed by atoms with Gasteiger partial charge >= 0.3 is 0 Å². The Hall–Kier alpha value is -1.61. The van der Waals surface area contributed by atoms with Crippen LogP contribution in [0.1, 0.15) is 34.0 Å². The number of hydrogen-bond donors (Lipinski definition) is 0. The van der Waals surface area contributed by atoms with Crippen LogP contribution in [0, 0.1) is 0 Å². The number of amides is 1. The van der Waals surface area contributed by atoms with Crippen molar-refractivity contribution < 1.29 is 4.79 Å². The Balaban J connectivity index is 1.95. The van der Waals surface area contributed by atoms with Crippen LogP contribution >= 0.6 is 11.3 Å². The summed E-state index contributed by atoms with van der Waals surface area (Å²) in [6, 6.07) is 12.5. The smallest absolute Gasteiger partial charge is 0.268 e. The maximum atomic E-state index is 12.7. The number of thiophene rings is 1. The van der Waals surface area contributed by atoms with Gasteiger partial charge in [0.15, 0.2) is 0 Å². The molecule has 1 aliphatic heterocycles. The quantitative estimate of drug-likeness (QED) is 0.811. The third-order valence-electron chi connectivity index (χ3n) is 3.65. The first-order chi connectivity index (χ1) is 9.20. The minimum Gasteiger partial charge on any atom is -0.304 e. The third kappa shape index (κ3) is 2.08. The topological polar surface area (TPSA) is 20.3 Å². The first-order valence-corrected chi connectivity index (χ1v) is 7.52. The summed E-state index contributed by atoms with van der Waals surface area (Å²) in [5.41, 5.74) is 2.35. The van der Waals surface area contributed by atoms with E-state index in [9.17, 15) is 4.79 Å². The number of nitrogens with zero attached hydrogens (tertiary/aromatic N) is 1. The van der Waals surface area contributed by atoms with Crippen LogP contribution in [0.3, 0.4) is 0 Å². The fourth-order valence-corrected chi connectivity index (χ4v) is 3.56. The summed E-state index contributed by atoms with van der Waals surface area (Å²) in [4.78, 5) is 16.7. The van der Waals surface area contributed by atoms with Gasteiger partial charge in [0.2, 0.25) is 0 Å². The van der Waals surface area contributed by atoms with Crippen molar-refractivity contribution in [1.29, 1.82) is 0 Å². The molecule has 0 saturated heterocycles. The Kier molecular flexibility index (Phi) is 3.15. The zero-order valence-electron chi connectivity index (χ0n) is 11.2. The van der Waals surface area contributed by atoms with E-state index < -0.39 is 0 Å². The SMILES string of the molecule is CCc1ccc(C(=O)N2c3ccccc3CC2C)s1. The molecule has 0 spiro atoms. The van der Waals surface area contributed by atoms with E-state index in [2.05, 4.69) is 26.0 Å². The highest BCUT2D eigenvalue weighted by molar-refractivity contribution is 7.14. The molecule has 1 atom stereocenters. The van der Waals surface area contributed by atoms with E-state index in [4.69, 9.17) is 0 Å². The van der Waals surface area contributed by atoms with Gasteiger partial charge in [-0.3, -0.25) is 4.79 Å². The van der Waals surface area contributed by atoms with Gasteiger partial charge in [-0.2, -0.15) is 0 Å². The molecular formula is C16H17NOS. The Morgan fingerprint density at radius 2 is 2.11 bits per heavy atom. The zero-order chi connectivity index (χ0) is 13.4. The molecule has 98 valence electrons. The summed E-state index contributed by atoms with van der Waals surface area (Å²) < 4.78 is 0. The molecule has 0 bridgehead atoms. The van der Waals surface area contributed by atoms with Gasteiger partial charge in [-0.25, -0.2) is 0 Å². The summed E-state index contributed by atoms with van der Waals surface area (Å²) in [7, 11) is 0. The summed E-state index contributed by atoms with van der Waals surface area (Å²) in [5.74, 6) is 0.141. The Bertz CT molecular complexity index is 617. The van der Waals surface area contributed by atoms with Gasteiger partial charge in [-0.15, -0.1) is 11.3 Å². The maximum absolute atomic E-state index is 12.7. The predicted molar refractivity (Wildman–Crippen MR) is 80.1 cm³/mol. The summed E-state index contributed by atoms with van der Waals surface area (Å²) in [6.07, 6.45) is 1.94. The molecule has 0 aliphatic carbocycles. The summed E-state index contributed by atoms with van der Waals surface area (Å²) >= 11 is 1.61. The normalized spacial score (nSPS) is 17.6. The van der Waals surface area contributed by atoms with Crippen molar-refractivity contribution in [1.82, 2.24) is 0 Å². The van der Waals surface area contributed by atoms with E-state index in [1.54, 1.807) is 11.3 Å². The molecule has 2 heterocycles. The number of para-hydroxylation sites is 1. The van der Waals surface area contributed by atoms with Crippen LogP contribution in [0.15, 0.2) is 36.4 Å². The largest absolute Gasteiger partial charge is 0.304 e. The zero-order valence-corrected chi connectivity index (χ0v) is 12.0. The van der Waals surface area contributed by atoms with Gasteiger partial charge in [0.05, 0.1) is 4.88 Å². The van der Waals surface area contributed by atoms with Gasteiger partial charge in [0.1, 0.15) is 0 Å². The van der Waals surface area contributed by atoms with Gasteiger partial charge in [0, 0.05) is 16.6 Å². The van der Waals surface area contributed by atoms with Crippen molar-refractivity contribution in [3.8, 4) is 0 Å². The van der Waals surface area contributed by atoms with Crippen LogP contribution in [0.4, 0.5) is 5.69 Å². The number of anilines is 1. The van der Waals surface area contributed by atoms with Crippen molar-refractivity contribution >= 4 is 22.9 Å². The lowest BCUT2D eigenvalue weighted by molar-refractivity contribution is 0.0985. The number of fused-ring (bicyclic) bond motifs is 1. The van der Waals surface area contributed by atoms with E-state index >= 15 is 0 Å². The average Bonchev–Trinajstić information content (AvgIpc) is 3.01. The molecule has 3 rings (SSSR count). The van der Waals surface area contributed by atoms with Crippen LogP contribution in [0.2, 0.25) is 0 Å². The lowest BCUT2D eigenvalue weighted by Gasteiger charge is -2.21. The van der Waals surface area contributed by atoms with Crippen molar-refractivity contribution in [3.63, 3.8) is 0 Å². The molecule has 1 aliphatic rings. The number of carbonyl (C=O) groups is 1. The Labute approximate surface area is 117 Å². The van der Waals surface area contributed by atoms with Crippen molar-refractivity contribution in [2.24, 2.45) is 0 Å². The van der Waals surface area contributed by atoms with Crippen molar-refractivity contribution in [2.45, 2.75) is 32.7 Å². The lowest BCUT2D eigenvalue weighted by Crippen LogP contribution is -2.35. The number of rotatable bonds is 2. The van der Waals surface area contributed by atoms with Crippen molar-refractivity contribution in [2.75, 3.05) is 4.90 Å². The molecule has 3 heteroatoms. The minimum absolute atomic E-state index is 0.141. The number of hydrogen-bond acceptors (Lipinski definition) is 2. The van der Waals surface area contributed by atoms with E-state index in [-0.39, 0.29) is 11.9 Å². The first kappa shape index (κ1) is 12.4. The number of carbonyl (C=O) groups excluding carboxylic acids is 1. The summed E-state index contributed by atoms with van der Waals surface area (Å²) in [5, 5.41) is 0. The highest BCUT2D eigenvalue weighted by atomic mass is 32.1. The average molecular weight is 271 g/mol. The fourth-order valence-electron chi connectivity index (χ4n) is 2.68. The Morgan fingerprint density at radius 3 is 2.84 bits per heavy atom. The second-order valence-electron chi connectivity index (χ2n) is 4.98. The molecule has 2 nitrogen and oxygen atoms in total. The van der Waals surface area contributed by atoms with E-state index in [0.717, 1.165) is 23.4 Å². The third-order valence-corrected chi connectivity index (χ3v) is 4.86. The molecule has 1 aromatic heterocycles. The van der Waals surface area contributed by atoms with Crippen LogP contribution in [0.25, 0.3) is 0 Å². The van der Waals surface area contributed by atoms with Gasteiger partial charge < -0.3 is 4.90 Å². The predicted octanol–water partition coefficient (Wildman–Crippen LogP) is 3.90. The molecule has 0 fully saturated rings. The lowest BCUT2D eigenvalue weighted by atomic mass is 10.1. The fraction of sp³-hybridized carbons (Fsp3) is 0.312. The van der Waals surface area contributed by atoms with Crippen LogP contribution < -0.4 is 4.90 Å². The molecule has 1 aromatic carbocycles. The second kappa shape index (κ2) is 4.82. The van der Waals surface area contributed by atoms with Gasteiger partial charge in [0.25, 0.3) is 5.91 Å². The first-order valence-electron chi connectivity index (χ1n) is 6.71. The molecule has 0 radical (unpaired) electrons. The highest BCUT2D eigenvalue weighted by Gasteiger charge is 2.31. The minimum atomic E-state index is 0.141. The molecule has 2 aromatic rings. The van der Waals surface area contributed by atoms with Crippen molar-refractivity contribution in [3.05, 3.63) is 51.7 Å². The number of benzene rings is 1. The molecule has 1 unspecified atom stereocenters. The second-order valence-corrected chi connectivity index (χ2v) is 6.14. The molecular weight excluding hydrogens is 254 g/mol. The molecule has 19 heavy (non-hydrogen) atoms. The standard InChI is InChI=1S/C16H17NOS/c1-3-13-8-9-15(19-13)16(18)17-11(2)10-12-6-4-5-7-14(12)17/h4-9,11H,3,10H2,1-2H3. The summed E-state index contributed by atoms with van der Waals surface area (Å²) in [6.45, 7) is 4.24. The van der Waals surface area contributed by atoms with Crippen LogP contribution in [-0.2, 0) is 12.8 Å². The highest BCUT2D eigenvalue weighted by Crippen LogP contribution is 2.34. The number of aryl methyl sites for hydroxylation is 1. The Morgan fingerprint density at radius 1 is 1.32 bits per heavy atom. The van der Waals surface area contributed by atoms with Crippen LogP contribution in [-0.4, -0.2) is 11.9 Å². The van der Waals surface area contributed by atoms with Gasteiger partial charge in [-0.05, 0) is 43.5 Å². The van der Waals surface area contributed by atoms with Crippen LogP contribution in [0.5, 0.6) is 0 Å². The van der Waals surface area contributed by atoms with E-state index in [0.29, 0.717) is 0 Å². The molecule has 0 N–H and O–H groups in total.